The van der Waals surface area contributed by atoms with Crippen molar-refractivity contribution in [1.29, 1.82) is 0 Å². The highest BCUT2D eigenvalue weighted by Crippen LogP contribution is 2.32. The molecular weight excluding hydrogens is 364 g/mol. The van der Waals surface area contributed by atoms with Crippen molar-refractivity contribution in [3.05, 3.63) is 75.9 Å². The van der Waals surface area contributed by atoms with Crippen molar-refractivity contribution in [2.75, 3.05) is 11.9 Å². The van der Waals surface area contributed by atoms with Crippen molar-refractivity contribution < 1.29 is 19.1 Å². The summed E-state index contributed by atoms with van der Waals surface area (Å²) >= 11 is 1.33. The molecule has 140 valence electrons. The highest BCUT2D eigenvalue weighted by atomic mass is 32.1. The molecule has 7 heteroatoms. The Kier molecular flexibility index (Phi) is 5.43. The smallest absolute Gasteiger partial charge is 0.313 e. The van der Waals surface area contributed by atoms with E-state index in [0.717, 1.165) is 11.1 Å². The number of thiophene rings is 1. The van der Waals surface area contributed by atoms with Crippen molar-refractivity contribution >= 4 is 28.8 Å². The minimum absolute atomic E-state index is 0.194. The number of rotatable bonds is 5. The number of anilines is 1. The highest BCUT2D eigenvalue weighted by Gasteiger charge is 2.36. The highest BCUT2D eigenvalue weighted by molar-refractivity contribution is 7.10. The van der Waals surface area contributed by atoms with Crippen LogP contribution in [-0.2, 0) is 15.2 Å². The first kappa shape index (κ1) is 18.9. The summed E-state index contributed by atoms with van der Waals surface area (Å²) in [4.78, 5) is 25.2. The first-order chi connectivity index (χ1) is 12.9. The fraction of sp³-hybridized carbons (Fsp3) is 0.200. The number of amides is 2. The van der Waals surface area contributed by atoms with Crippen molar-refractivity contribution in [2.24, 2.45) is 0 Å². The van der Waals surface area contributed by atoms with E-state index in [9.17, 15) is 14.7 Å². The molecule has 0 bridgehead atoms. The minimum atomic E-state index is -1.55. The van der Waals surface area contributed by atoms with Crippen LogP contribution in [0.1, 0.15) is 21.8 Å². The molecular formula is C20H20N2O4S. The number of nitrogens with one attached hydrogen (secondary N) is 2. The van der Waals surface area contributed by atoms with Gasteiger partial charge in [0.15, 0.2) is 5.60 Å². The van der Waals surface area contributed by atoms with Gasteiger partial charge >= 0.3 is 11.8 Å². The summed E-state index contributed by atoms with van der Waals surface area (Å²) in [6.07, 6.45) is 1.45. The number of furan rings is 1. The quantitative estimate of drug-likeness (QED) is 0.590. The predicted molar refractivity (Wildman–Crippen MR) is 104 cm³/mol. The van der Waals surface area contributed by atoms with Gasteiger partial charge in [-0.3, -0.25) is 9.59 Å². The monoisotopic (exact) mass is 384 g/mol. The largest absolute Gasteiger partial charge is 0.466 e. The Labute approximate surface area is 160 Å². The molecule has 3 N–H and O–H groups in total. The van der Waals surface area contributed by atoms with Crippen molar-refractivity contribution in [3.8, 4) is 0 Å². The standard InChI is InChI=1S/C20H20N2O4S/c1-13-6-3-7-14(2)17(13)22-19(24)18(23)21-12-20(25,15-8-4-10-26-15)16-9-5-11-27-16/h3-11,25H,12H2,1-2H3,(H,21,23)(H,22,24). The van der Waals surface area contributed by atoms with Crippen LogP contribution in [0.3, 0.4) is 0 Å². The Morgan fingerprint density at radius 2 is 1.81 bits per heavy atom. The van der Waals surface area contributed by atoms with E-state index < -0.39 is 17.4 Å². The second-order valence-electron chi connectivity index (χ2n) is 6.22. The molecule has 2 amide bonds. The zero-order valence-electron chi connectivity index (χ0n) is 15.0. The molecule has 3 aromatic rings. The summed E-state index contributed by atoms with van der Waals surface area (Å²) in [6.45, 7) is 3.51. The lowest BCUT2D eigenvalue weighted by Gasteiger charge is -2.25. The number of benzene rings is 1. The first-order valence-electron chi connectivity index (χ1n) is 8.37. The van der Waals surface area contributed by atoms with Gasteiger partial charge in [-0.05, 0) is 48.6 Å². The summed E-state index contributed by atoms with van der Waals surface area (Å²) in [6, 6.07) is 12.4. The van der Waals surface area contributed by atoms with E-state index in [4.69, 9.17) is 4.42 Å². The second-order valence-corrected chi connectivity index (χ2v) is 7.17. The van der Waals surface area contributed by atoms with Crippen molar-refractivity contribution in [2.45, 2.75) is 19.4 Å². The molecule has 0 saturated carbocycles. The zero-order valence-corrected chi connectivity index (χ0v) is 15.8. The number of carbonyl (C=O) groups excluding carboxylic acids is 2. The molecule has 27 heavy (non-hydrogen) atoms. The Hall–Kier alpha value is -2.90. The zero-order chi connectivity index (χ0) is 19.4. The van der Waals surface area contributed by atoms with Crippen LogP contribution in [-0.4, -0.2) is 23.5 Å². The fourth-order valence-corrected chi connectivity index (χ4v) is 3.62. The summed E-state index contributed by atoms with van der Waals surface area (Å²) in [5.74, 6) is -1.33. The van der Waals surface area contributed by atoms with Crippen LogP contribution in [0.2, 0.25) is 0 Å². The summed E-state index contributed by atoms with van der Waals surface area (Å²) < 4.78 is 5.35. The summed E-state index contributed by atoms with van der Waals surface area (Å²) in [5.41, 5.74) is 0.785. The average Bonchev–Trinajstić information content (AvgIpc) is 3.36. The topological polar surface area (TPSA) is 91.6 Å². The number of hydrogen-bond donors (Lipinski definition) is 3. The van der Waals surface area contributed by atoms with Crippen LogP contribution in [0, 0.1) is 13.8 Å². The van der Waals surface area contributed by atoms with Crippen LogP contribution in [0.4, 0.5) is 5.69 Å². The van der Waals surface area contributed by atoms with Crippen LogP contribution in [0.25, 0.3) is 0 Å². The normalized spacial score (nSPS) is 13.0. The van der Waals surface area contributed by atoms with Crippen molar-refractivity contribution in [3.63, 3.8) is 0 Å². The number of para-hydroxylation sites is 1. The SMILES string of the molecule is Cc1cccc(C)c1NC(=O)C(=O)NCC(O)(c1ccco1)c1cccs1. The van der Waals surface area contributed by atoms with E-state index in [1.165, 1.54) is 17.6 Å². The molecule has 1 unspecified atom stereocenters. The maximum atomic E-state index is 12.3. The Morgan fingerprint density at radius 1 is 1.07 bits per heavy atom. The van der Waals surface area contributed by atoms with Gasteiger partial charge < -0.3 is 20.2 Å². The molecule has 0 aliphatic carbocycles. The number of aliphatic hydroxyl groups is 1. The van der Waals surface area contributed by atoms with E-state index >= 15 is 0 Å². The minimum Gasteiger partial charge on any atom is -0.466 e. The van der Waals surface area contributed by atoms with Crippen LogP contribution in [0.15, 0.2) is 58.5 Å². The van der Waals surface area contributed by atoms with Gasteiger partial charge in [0.25, 0.3) is 0 Å². The van der Waals surface area contributed by atoms with E-state index in [-0.39, 0.29) is 6.54 Å². The van der Waals surface area contributed by atoms with E-state index in [0.29, 0.717) is 16.3 Å². The Bertz CT molecular complexity index is 879. The molecule has 0 fully saturated rings. The second kappa shape index (κ2) is 7.77. The maximum absolute atomic E-state index is 12.3. The molecule has 0 saturated heterocycles. The molecule has 0 radical (unpaired) electrons. The molecule has 6 nitrogen and oxygen atoms in total. The Balaban J connectivity index is 1.72. The lowest BCUT2D eigenvalue weighted by molar-refractivity contribution is -0.136. The fourth-order valence-electron chi connectivity index (χ4n) is 2.79. The molecule has 0 aliphatic heterocycles. The van der Waals surface area contributed by atoms with Gasteiger partial charge in [0, 0.05) is 10.6 Å². The molecule has 1 aromatic carbocycles. The average molecular weight is 384 g/mol. The molecule has 0 aliphatic rings. The van der Waals surface area contributed by atoms with Gasteiger partial charge in [-0.2, -0.15) is 0 Å². The third-order valence-electron chi connectivity index (χ3n) is 4.29. The van der Waals surface area contributed by atoms with Gasteiger partial charge in [0.1, 0.15) is 5.76 Å². The summed E-state index contributed by atoms with van der Waals surface area (Å²) in [7, 11) is 0. The molecule has 0 spiro atoms. The molecule has 1 atom stereocenters. The maximum Gasteiger partial charge on any atom is 0.313 e. The summed E-state index contributed by atoms with van der Waals surface area (Å²) in [5, 5.41) is 18.1. The lowest BCUT2D eigenvalue weighted by atomic mass is 9.98. The Morgan fingerprint density at radius 3 is 2.41 bits per heavy atom. The molecule has 2 heterocycles. The predicted octanol–water partition coefficient (Wildman–Crippen LogP) is 2.95. The van der Waals surface area contributed by atoms with Crippen molar-refractivity contribution in [1.82, 2.24) is 5.32 Å². The van der Waals surface area contributed by atoms with Gasteiger partial charge in [0.2, 0.25) is 0 Å². The van der Waals surface area contributed by atoms with Crippen LogP contribution in [0.5, 0.6) is 0 Å². The number of aryl methyl sites for hydroxylation is 2. The third kappa shape index (κ3) is 3.94. The van der Waals surface area contributed by atoms with E-state index in [1.54, 1.807) is 24.3 Å². The van der Waals surface area contributed by atoms with Crippen LogP contribution >= 0.6 is 11.3 Å². The van der Waals surface area contributed by atoms with Crippen LogP contribution < -0.4 is 10.6 Å². The van der Waals surface area contributed by atoms with Gasteiger partial charge in [-0.1, -0.05) is 24.3 Å². The van der Waals surface area contributed by atoms with Gasteiger partial charge in [-0.15, -0.1) is 11.3 Å². The number of carbonyl (C=O) groups is 2. The van der Waals surface area contributed by atoms with Gasteiger partial charge in [-0.25, -0.2) is 0 Å². The van der Waals surface area contributed by atoms with Gasteiger partial charge in [0.05, 0.1) is 12.8 Å². The van der Waals surface area contributed by atoms with E-state index in [2.05, 4.69) is 10.6 Å². The first-order valence-corrected chi connectivity index (χ1v) is 9.25. The number of hydrogen-bond acceptors (Lipinski definition) is 5. The molecule has 3 rings (SSSR count). The van der Waals surface area contributed by atoms with E-state index in [1.807, 2.05) is 37.4 Å². The third-order valence-corrected chi connectivity index (χ3v) is 5.31. The molecule has 2 aromatic heterocycles. The lowest BCUT2D eigenvalue weighted by Crippen LogP contribution is -2.44.